The van der Waals surface area contributed by atoms with Crippen LogP contribution in [-0.2, 0) is 12.8 Å². The van der Waals surface area contributed by atoms with E-state index >= 15 is 0 Å². The van der Waals surface area contributed by atoms with Gasteiger partial charge in [-0.3, -0.25) is 4.98 Å². The molecule has 0 bridgehead atoms. The number of nitrogens with one attached hydrogen (secondary N) is 1. The molecule has 2 aromatic heterocycles. The van der Waals surface area contributed by atoms with Crippen molar-refractivity contribution in [1.82, 2.24) is 19.0 Å². The molecule has 0 saturated carbocycles. The lowest BCUT2D eigenvalue weighted by atomic mass is 10.1. The Morgan fingerprint density at radius 1 is 1.35 bits per heavy atom. The van der Waals surface area contributed by atoms with E-state index in [-0.39, 0.29) is 6.04 Å². The average molecular weight is 248 g/mol. The topological polar surface area (TPSA) is 50.7 Å². The minimum Gasteiger partial charge on any atom is -0.311 e. The van der Waals surface area contributed by atoms with Crippen LogP contribution in [0.1, 0.15) is 29.9 Å². The van der Waals surface area contributed by atoms with Gasteiger partial charge in [-0.2, -0.15) is 8.75 Å². The number of hydrogen-bond acceptors (Lipinski definition) is 5. The molecule has 1 unspecified atom stereocenters. The van der Waals surface area contributed by atoms with E-state index in [1.807, 2.05) is 19.4 Å². The fourth-order valence-corrected chi connectivity index (χ4v) is 2.15. The summed E-state index contributed by atoms with van der Waals surface area (Å²) in [5.74, 6) is 0. The summed E-state index contributed by atoms with van der Waals surface area (Å²) in [6, 6.07) is 4.41. The SMILES string of the molecule is CCc1ccc(CC(NC)c2cnsn2)nc1. The molecular formula is C12H16N4S. The molecule has 0 spiro atoms. The number of likely N-dealkylation sites (N-methyl/N-ethyl adjacent to an activating group) is 1. The first-order chi connectivity index (χ1) is 8.33. The first-order valence-electron chi connectivity index (χ1n) is 5.72. The molecule has 2 heterocycles. The molecule has 2 rings (SSSR count). The molecule has 0 aliphatic heterocycles. The molecule has 0 radical (unpaired) electrons. The summed E-state index contributed by atoms with van der Waals surface area (Å²) in [5.41, 5.74) is 3.33. The van der Waals surface area contributed by atoms with Gasteiger partial charge in [-0.25, -0.2) is 0 Å². The zero-order valence-electron chi connectivity index (χ0n) is 10.1. The Balaban J connectivity index is 2.07. The fraction of sp³-hybridized carbons (Fsp3) is 0.417. The zero-order chi connectivity index (χ0) is 12.1. The van der Waals surface area contributed by atoms with Crippen LogP contribution in [0.5, 0.6) is 0 Å². The van der Waals surface area contributed by atoms with E-state index in [9.17, 15) is 0 Å². The Morgan fingerprint density at radius 3 is 2.76 bits per heavy atom. The second-order valence-electron chi connectivity index (χ2n) is 3.89. The molecule has 90 valence electrons. The van der Waals surface area contributed by atoms with Crippen LogP contribution in [0.25, 0.3) is 0 Å². The van der Waals surface area contributed by atoms with Crippen molar-refractivity contribution in [2.45, 2.75) is 25.8 Å². The van der Waals surface area contributed by atoms with Crippen LogP contribution in [0, 0.1) is 0 Å². The van der Waals surface area contributed by atoms with Crippen molar-refractivity contribution in [3.63, 3.8) is 0 Å². The van der Waals surface area contributed by atoms with Crippen LogP contribution in [0.15, 0.2) is 24.5 Å². The van der Waals surface area contributed by atoms with Gasteiger partial charge >= 0.3 is 0 Å². The van der Waals surface area contributed by atoms with E-state index in [1.165, 1.54) is 17.3 Å². The van der Waals surface area contributed by atoms with Crippen molar-refractivity contribution in [2.75, 3.05) is 7.05 Å². The summed E-state index contributed by atoms with van der Waals surface area (Å²) < 4.78 is 8.29. The maximum atomic E-state index is 4.46. The van der Waals surface area contributed by atoms with Crippen LogP contribution >= 0.6 is 11.7 Å². The first-order valence-corrected chi connectivity index (χ1v) is 6.45. The normalized spacial score (nSPS) is 12.6. The van der Waals surface area contributed by atoms with Gasteiger partial charge in [-0.15, -0.1) is 0 Å². The van der Waals surface area contributed by atoms with Gasteiger partial charge in [0, 0.05) is 18.3 Å². The molecule has 0 aromatic carbocycles. The maximum Gasteiger partial charge on any atom is 0.0916 e. The molecule has 5 heteroatoms. The molecule has 0 aliphatic carbocycles. The van der Waals surface area contributed by atoms with Gasteiger partial charge in [0.25, 0.3) is 0 Å². The highest BCUT2D eigenvalue weighted by Crippen LogP contribution is 2.15. The van der Waals surface area contributed by atoms with Crippen molar-refractivity contribution in [2.24, 2.45) is 0 Å². The Morgan fingerprint density at radius 2 is 2.24 bits per heavy atom. The van der Waals surface area contributed by atoms with E-state index in [1.54, 1.807) is 0 Å². The number of rotatable bonds is 5. The molecule has 0 aliphatic rings. The highest BCUT2D eigenvalue weighted by atomic mass is 32.1. The summed E-state index contributed by atoms with van der Waals surface area (Å²) in [6.45, 7) is 2.13. The van der Waals surface area contributed by atoms with E-state index in [0.717, 1.165) is 24.2 Å². The molecule has 1 atom stereocenters. The third-order valence-electron chi connectivity index (χ3n) is 2.79. The smallest absolute Gasteiger partial charge is 0.0916 e. The maximum absolute atomic E-state index is 4.46. The summed E-state index contributed by atoms with van der Waals surface area (Å²) >= 11 is 1.24. The fourth-order valence-electron chi connectivity index (χ4n) is 1.67. The number of aromatic nitrogens is 3. The summed E-state index contributed by atoms with van der Waals surface area (Å²) in [5, 5.41) is 3.25. The van der Waals surface area contributed by atoms with Gasteiger partial charge in [0.2, 0.25) is 0 Å². The number of nitrogens with zero attached hydrogens (tertiary/aromatic N) is 3. The predicted octanol–water partition coefficient (Wildman–Crippen LogP) is 2.00. The highest BCUT2D eigenvalue weighted by Gasteiger charge is 2.13. The van der Waals surface area contributed by atoms with Crippen molar-refractivity contribution < 1.29 is 0 Å². The van der Waals surface area contributed by atoms with E-state index in [2.05, 4.69) is 38.1 Å². The summed E-state index contributed by atoms with van der Waals surface area (Å²) in [6.07, 6.45) is 5.62. The van der Waals surface area contributed by atoms with Crippen LogP contribution in [0.3, 0.4) is 0 Å². The predicted molar refractivity (Wildman–Crippen MR) is 69.0 cm³/mol. The molecule has 2 aromatic rings. The average Bonchev–Trinajstić information content (AvgIpc) is 2.90. The van der Waals surface area contributed by atoms with Gasteiger partial charge in [0.15, 0.2) is 0 Å². The van der Waals surface area contributed by atoms with Gasteiger partial charge in [-0.1, -0.05) is 13.0 Å². The molecule has 1 N–H and O–H groups in total. The Bertz CT molecular complexity index is 438. The third-order valence-corrected chi connectivity index (χ3v) is 3.28. The summed E-state index contributed by atoms with van der Waals surface area (Å²) in [4.78, 5) is 4.46. The minimum absolute atomic E-state index is 0.189. The second-order valence-corrected chi connectivity index (χ2v) is 4.45. The Labute approximate surface area is 105 Å². The first kappa shape index (κ1) is 12.1. The molecule has 0 amide bonds. The number of pyridine rings is 1. The zero-order valence-corrected chi connectivity index (χ0v) is 10.9. The van der Waals surface area contributed by atoms with Gasteiger partial charge < -0.3 is 5.32 Å². The molecular weight excluding hydrogens is 232 g/mol. The lowest BCUT2D eigenvalue weighted by molar-refractivity contribution is 0.573. The van der Waals surface area contributed by atoms with Crippen LogP contribution in [0.2, 0.25) is 0 Å². The largest absolute Gasteiger partial charge is 0.311 e. The Hall–Kier alpha value is -1.33. The van der Waals surface area contributed by atoms with E-state index < -0.39 is 0 Å². The molecule has 0 fully saturated rings. The van der Waals surface area contributed by atoms with Crippen molar-refractivity contribution in [1.29, 1.82) is 0 Å². The Kier molecular flexibility index (Phi) is 4.17. The van der Waals surface area contributed by atoms with Gasteiger partial charge in [-0.05, 0) is 25.1 Å². The molecule has 4 nitrogen and oxygen atoms in total. The monoisotopic (exact) mass is 248 g/mol. The van der Waals surface area contributed by atoms with E-state index in [0.29, 0.717) is 0 Å². The minimum atomic E-state index is 0.189. The standard InChI is InChI=1S/C12H16N4S/c1-3-9-4-5-10(14-7-9)6-11(13-2)12-8-15-17-16-12/h4-5,7-8,11,13H,3,6H2,1-2H3. The van der Waals surface area contributed by atoms with Crippen LogP contribution in [-0.4, -0.2) is 20.8 Å². The summed E-state index contributed by atoms with van der Waals surface area (Å²) in [7, 11) is 1.93. The van der Waals surface area contributed by atoms with Crippen LogP contribution in [0.4, 0.5) is 0 Å². The van der Waals surface area contributed by atoms with E-state index in [4.69, 9.17) is 0 Å². The lowest BCUT2D eigenvalue weighted by Gasteiger charge is -2.12. The number of hydrogen-bond donors (Lipinski definition) is 1. The van der Waals surface area contributed by atoms with Gasteiger partial charge in [0.1, 0.15) is 0 Å². The van der Waals surface area contributed by atoms with Crippen LogP contribution < -0.4 is 5.32 Å². The highest BCUT2D eigenvalue weighted by molar-refractivity contribution is 6.99. The molecule has 17 heavy (non-hydrogen) atoms. The van der Waals surface area contributed by atoms with Crippen molar-refractivity contribution in [3.05, 3.63) is 41.5 Å². The lowest BCUT2D eigenvalue weighted by Crippen LogP contribution is -2.19. The number of aryl methyl sites for hydroxylation is 1. The third kappa shape index (κ3) is 3.08. The second kappa shape index (κ2) is 5.84. The van der Waals surface area contributed by atoms with Crippen molar-refractivity contribution >= 4 is 11.7 Å². The van der Waals surface area contributed by atoms with Crippen molar-refractivity contribution in [3.8, 4) is 0 Å². The molecule has 0 saturated heterocycles. The van der Waals surface area contributed by atoms with Gasteiger partial charge in [0.05, 0.1) is 29.7 Å². The quantitative estimate of drug-likeness (QED) is 0.879.